The molecule has 2 aromatic rings. The average molecular weight is 207 g/mol. The van der Waals surface area contributed by atoms with Crippen LogP contribution in [0.5, 0.6) is 0 Å². The molecule has 0 atom stereocenters. The Kier molecular flexibility index (Phi) is 2.33. The van der Waals surface area contributed by atoms with Crippen LogP contribution in [0.2, 0.25) is 0 Å². The van der Waals surface area contributed by atoms with Gasteiger partial charge >= 0.3 is 0 Å². The van der Waals surface area contributed by atoms with Crippen LogP contribution in [0, 0.1) is 11.6 Å². The molecule has 0 unspecified atom stereocenters. The van der Waals surface area contributed by atoms with Crippen LogP contribution >= 0.6 is 0 Å². The lowest BCUT2D eigenvalue weighted by molar-refractivity contribution is 0.584. The highest BCUT2D eigenvalue weighted by Crippen LogP contribution is 2.17. The molecule has 4 heteroatoms. The molecule has 0 saturated heterocycles. The average Bonchev–Trinajstić information content (AvgIpc) is 2.16. The van der Waals surface area contributed by atoms with Gasteiger partial charge in [0.1, 0.15) is 11.6 Å². The molecular formula is C11H7F2NO. The van der Waals surface area contributed by atoms with E-state index < -0.39 is 11.6 Å². The topological polar surface area (TPSA) is 32.9 Å². The van der Waals surface area contributed by atoms with E-state index >= 15 is 0 Å². The Morgan fingerprint density at radius 1 is 1.00 bits per heavy atom. The van der Waals surface area contributed by atoms with Crippen LogP contribution < -0.4 is 5.43 Å². The summed E-state index contributed by atoms with van der Waals surface area (Å²) in [5.41, 5.74) is 0.486. The van der Waals surface area contributed by atoms with Crippen LogP contribution in [-0.4, -0.2) is 4.98 Å². The number of aromatic nitrogens is 1. The zero-order valence-corrected chi connectivity index (χ0v) is 7.63. The van der Waals surface area contributed by atoms with Gasteiger partial charge in [0, 0.05) is 35.7 Å². The van der Waals surface area contributed by atoms with E-state index in [1.807, 2.05) is 0 Å². The normalized spacial score (nSPS) is 10.3. The third-order valence-electron chi connectivity index (χ3n) is 1.95. The number of aromatic amines is 1. The van der Waals surface area contributed by atoms with Gasteiger partial charge in [-0.1, -0.05) is 0 Å². The SMILES string of the molecule is O=c1cc[nH]c(-c2cc(F)cc(F)c2)c1. The molecule has 2 rings (SSSR count). The largest absolute Gasteiger partial charge is 0.361 e. The fraction of sp³-hybridized carbons (Fsp3) is 0. The molecule has 0 radical (unpaired) electrons. The van der Waals surface area contributed by atoms with Crippen molar-refractivity contribution in [3.8, 4) is 11.3 Å². The number of rotatable bonds is 1. The van der Waals surface area contributed by atoms with Gasteiger partial charge in [0.25, 0.3) is 0 Å². The van der Waals surface area contributed by atoms with Crippen molar-refractivity contribution in [2.75, 3.05) is 0 Å². The summed E-state index contributed by atoms with van der Waals surface area (Å²) in [4.78, 5) is 13.8. The molecule has 0 aliphatic heterocycles. The Morgan fingerprint density at radius 2 is 1.67 bits per heavy atom. The van der Waals surface area contributed by atoms with Gasteiger partial charge in [-0.3, -0.25) is 4.79 Å². The van der Waals surface area contributed by atoms with Gasteiger partial charge in [-0.25, -0.2) is 8.78 Å². The second kappa shape index (κ2) is 3.65. The van der Waals surface area contributed by atoms with Gasteiger partial charge in [-0.15, -0.1) is 0 Å². The van der Waals surface area contributed by atoms with Crippen molar-refractivity contribution < 1.29 is 8.78 Å². The molecule has 0 bridgehead atoms. The summed E-state index contributed by atoms with van der Waals surface area (Å²) in [6, 6.07) is 5.72. The number of H-pyrrole nitrogens is 1. The lowest BCUT2D eigenvalue weighted by atomic mass is 10.1. The number of hydrogen-bond donors (Lipinski definition) is 1. The van der Waals surface area contributed by atoms with Gasteiger partial charge in [0.2, 0.25) is 0 Å². The first-order valence-corrected chi connectivity index (χ1v) is 4.30. The zero-order valence-electron chi connectivity index (χ0n) is 7.63. The molecule has 1 heterocycles. The summed E-state index contributed by atoms with van der Waals surface area (Å²) < 4.78 is 25.8. The van der Waals surface area contributed by atoms with Crippen LogP contribution in [0.1, 0.15) is 0 Å². The predicted molar refractivity (Wildman–Crippen MR) is 52.4 cm³/mol. The van der Waals surface area contributed by atoms with Gasteiger partial charge in [0.05, 0.1) is 0 Å². The van der Waals surface area contributed by atoms with Crippen LogP contribution in [0.15, 0.2) is 41.3 Å². The standard InChI is InChI=1S/C11H7F2NO/c12-8-3-7(4-9(13)5-8)11-6-10(15)1-2-14-11/h1-6H,(H,14,15). The van der Waals surface area contributed by atoms with Gasteiger partial charge in [-0.05, 0) is 12.1 Å². The van der Waals surface area contributed by atoms with E-state index in [1.165, 1.54) is 18.3 Å². The van der Waals surface area contributed by atoms with Crippen molar-refractivity contribution in [1.29, 1.82) is 0 Å². The van der Waals surface area contributed by atoms with Crippen LogP contribution in [0.25, 0.3) is 11.3 Å². The number of nitrogens with one attached hydrogen (secondary N) is 1. The number of benzene rings is 1. The molecule has 1 aromatic carbocycles. The highest BCUT2D eigenvalue weighted by molar-refractivity contribution is 5.58. The van der Waals surface area contributed by atoms with E-state index in [9.17, 15) is 13.6 Å². The van der Waals surface area contributed by atoms with E-state index in [4.69, 9.17) is 0 Å². The Bertz CT molecular complexity index is 528. The second-order valence-corrected chi connectivity index (χ2v) is 3.10. The predicted octanol–water partition coefficient (Wildman–Crippen LogP) is 2.32. The number of halogens is 2. The van der Waals surface area contributed by atoms with Crippen LogP contribution in [0.3, 0.4) is 0 Å². The Hall–Kier alpha value is -1.97. The number of hydrogen-bond acceptors (Lipinski definition) is 1. The summed E-state index contributed by atoms with van der Waals surface area (Å²) in [5.74, 6) is -1.34. The van der Waals surface area contributed by atoms with Gasteiger partial charge in [0.15, 0.2) is 5.43 Å². The third kappa shape index (κ3) is 2.10. The maximum Gasteiger partial charge on any atom is 0.182 e. The smallest absolute Gasteiger partial charge is 0.182 e. The first-order valence-electron chi connectivity index (χ1n) is 4.30. The lowest BCUT2D eigenvalue weighted by Gasteiger charge is -2.01. The second-order valence-electron chi connectivity index (χ2n) is 3.10. The monoisotopic (exact) mass is 207 g/mol. The number of pyridine rings is 1. The molecular weight excluding hydrogens is 200 g/mol. The molecule has 0 aliphatic carbocycles. The van der Waals surface area contributed by atoms with Crippen molar-refractivity contribution in [3.05, 3.63) is 58.4 Å². The molecule has 76 valence electrons. The molecule has 0 fully saturated rings. The summed E-state index contributed by atoms with van der Waals surface area (Å²) in [5, 5.41) is 0. The van der Waals surface area contributed by atoms with E-state index in [-0.39, 0.29) is 5.43 Å². The maximum atomic E-state index is 12.9. The molecule has 0 amide bonds. The maximum absolute atomic E-state index is 12.9. The first-order chi connectivity index (χ1) is 7.15. The summed E-state index contributed by atoms with van der Waals surface area (Å²) in [6.45, 7) is 0. The highest BCUT2D eigenvalue weighted by Gasteiger charge is 2.03. The molecule has 1 N–H and O–H groups in total. The molecule has 0 saturated carbocycles. The minimum absolute atomic E-state index is 0.214. The van der Waals surface area contributed by atoms with E-state index in [0.717, 1.165) is 18.2 Å². The molecule has 0 aliphatic rings. The zero-order chi connectivity index (χ0) is 10.8. The Labute approximate surface area is 84.2 Å². The third-order valence-corrected chi connectivity index (χ3v) is 1.95. The molecule has 2 nitrogen and oxygen atoms in total. The van der Waals surface area contributed by atoms with Crippen molar-refractivity contribution in [3.63, 3.8) is 0 Å². The van der Waals surface area contributed by atoms with E-state index in [1.54, 1.807) is 0 Å². The van der Waals surface area contributed by atoms with E-state index in [0.29, 0.717) is 11.3 Å². The van der Waals surface area contributed by atoms with Crippen LogP contribution in [-0.2, 0) is 0 Å². The lowest BCUT2D eigenvalue weighted by Crippen LogP contribution is -1.98. The molecule has 0 spiro atoms. The molecule has 15 heavy (non-hydrogen) atoms. The first kappa shape index (κ1) is 9.58. The van der Waals surface area contributed by atoms with Crippen molar-refractivity contribution in [1.82, 2.24) is 4.98 Å². The van der Waals surface area contributed by atoms with Crippen molar-refractivity contribution >= 4 is 0 Å². The quantitative estimate of drug-likeness (QED) is 0.764. The van der Waals surface area contributed by atoms with Crippen molar-refractivity contribution in [2.45, 2.75) is 0 Å². The summed E-state index contributed by atoms with van der Waals surface area (Å²) >= 11 is 0. The minimum Gasteiger partial charge on any atom is -0.361 e. The summed E-state index contributed by atoms with van der Waals surface area (Å²) in [6.07, 6.45) is 1.43. The van der Waals surface area contributed by atoms with Gasteiger partial charge < -0.3 is 4.98 Å². The fourth-order valence-corrected chi connectivity index (χ4v) is 1.32. The van der Waals surface area contributed by atoms with E-state index in [2.05, 4.69) is 4.98 Å². The van der Waals surface area contributed by atoms with Gasteiger partial charge in [-0.2, -0.15) is 0 Å². The Balaban J connectivity index is 2.58. The fourth-order valence-electron chi connectivity index (χ4n) is 1.32. The summed E-state index contributed by atoms with van der Waals surface area (Å²) in [7, 11) is 0. The van der Waals surface area contributed by atoms with Crippen molar-refractivity contribution in [2.24, 2.45) is 0 Å². The molecule has 1 aromatic heterocycles. The highest BCUT2D eigenvalue weighted by atomic mass is 19.1. The Morgan fingerprint density at radius 3 is 2.27 bits per heavy atom. The minimum atomic E-state index is -0.672. The van der Waals surface area contributed by atoms with Crippen LogP contribution in [0.4, 0.5) is 8.78 Å².